The van der Waals surface area contributed by atoms with Gasteiger partial charge in [0.05, 0.1) is 4.90 Å². The highest BCUT2D eigenvalue weighted by Gasteiger charge is 2.16. The van der Waals surface area contributed by atoms with Crippen LogP contribution in [0.25, 0.3) is 0 Å². The van der Waals surface area contributed by atoms with Crippen molar-refractivity contribution in [1.29, 1.82) is 0 Å². The van der Waals surface area contributed by atoms with Crippen molar-refractivity contribution in [2.45, 2.75) is 44.0 Å². The average Bonchev–Trinajstić information content (AvgIpc) is 2.36. The predicted octanol–water partition coefficient (Wildman–Crippen LogP) is 1.69. The number of rotatable bonds is 7. The van der Waals surface area contributed by atoms with E-state index < -0.39 is 10.0 Å². The SMILES string of the molecule is CCc1ccc(S(=O)(=O)NC(C)CCCO)cc1. The lowest BCUT2D eigenvalue weighted by Crippen LogP contribution is -2.32. The molecule has 0 aliphatic carbocycles. The second kappa shape index (κ2) is 6.87. The van der Waals surface area contributed by atoms with E-state index in [1.807, 2.05) is 19.1 Å². The van der Waals surface area contributed by atoms with Crippen LogP contribution in [0, 0.1) is 0 Å². The van der Waals surface area contributed by atoms with Gasteiger partial charge in [-0.15, -0.1) is 0 Å². The number of nitrogens with one attached hydrogen (secondary N) is 1. The van der Waals surface area contributed by atoms with E-state index in [-0.39, 0.29) is 17.5 Å². The van der Waals surface area contributed by atoms with Gasteiger partial charge in [0.2, 0.25) is 10.0 Å². The van der Waals surface area contributed by atoms with Crippen molar-refractivity contribution in [2.24, 2.45) is 0 Å². The Morgan fingerprint density at radius 2 is 1.89 bits per heavy atom. The molecule has 1 unspecified atom stereocenters. The molecule has 0 bridgehead atoms. The molecule has 0 aliphatic heterocycles. The highest BCUT2D eigenvalue weighted by Crippen LogP contribution is 2.12. The molecule has 0 fully saturated rings. The Kier molecular flexibility index (Phi) is 5.78. The number of aliphatic hydroxyl groups excluding tert-OH is 1. The molecule has 0 heterocycles. The van der Waals surface area contributed by atoms with Crippen LogP contribution in [-0.2, 0) is 16.4 Å². The second-order valence-corrected chi connectivity index (χ2v) is 6.10. The van der Waals surface area contributed by atoms with Crippen molar-refractivity contribution in [3.63, 3.8) is 0 Å². The van der Waals surface area contributed by atoms with Gasteiger partial charge in [-0.25, -0.2) is 13.1 Å². The Morgan fingerprint density at radius 3 is 2.39 bits per heavy atom. The zero-order valence-electron chi connectivity index (χ0n) is 10.9. The first-order valence-corrected chi connectivity index (χ1v) is 7.70. The van der Waals surface area contributed by atoms with Crippen molar-refractivity contribution in [3.8, 4) is 0 Å². The van der Waals surface area contributed by atoms with Gasteiger partial charge in [0, 0.05) is 12.6 Å². The van der Waals surface area contributed by atoms with E-state index in [9.17, 15) is 8.42 Å². The van der Waals surface area contributed by atoms with Crippen molar-refractivity contribution >= 4 is 10.0 Å². The maximum absolute atomic E-state index is 12.0. The second-order valence-electron chi connectivity index (χ2n) is 4.39. The lowest BCUT2D eigenvalue weighted by Gasteiger charge is -2.13. The fourth-order valence-electron chi connectivity index (χ4n) is 1.69. The molecule has 0 saturated heterocycles. The van der Waals surface area contributed by atoms with Crippen LogP contribution < -0.4 is 4.72 Å². The van der Waals surface area contributed by atoms with E-state index in [2.05, 4.69) is 4.72 Å². The highest BCUT2D eigenvalue weighted by atomic mass is 32.2. The van der Waals surface area contributed by atoms with Gasteiger partial charge in [-0.1, -0.05) is 19.1 Å². The van der Waals surface area contributed by atoms with Crippen LogP contribution in [0.15, 0.2) is 29.2 Å². The van der Waals surface area contributed by atoms with E-state index in [0.717, 1.165) is 12.0 Å². The molecule has 102 valence electrons. The van der Waals surface area contributed by atoms with E-state index in [4.69, 9.17) is 5.11 Å². The number of aliphatic hydroxyl groups is 1. The number of benzene rings is 1. The summed E-state index contributed by atoms with van der Waals surface area (Å²) in [7, 11) is -3.45. The molecule has 1 aromatic carbocycles. The third kappa shape index (κ3) is 4.40. The Hall–Kier alpha value is -0.910. The van der Waals surface area contributed by atoms with Crippen LogP contribution in [0.1, 0.15) is 32.3 Å². The summed E-state index contributed by atoms with van der Waals surface area (Å²) in [4.78, 5) is 0.288. The largest absolute Gasteiger partial charge is 0.396 e. The lowest BCUT2D eigenvalue weighted by molar-refractivity contribution is 0.279. The van der Waals surface area contributed by atoms with Crippen molar-refractivity contribution in [3.05, 3.63) is 29.8 Å². The van der Waals surface area contributed by atoms with Crippen LogP contribution in [0.2, 0.25) is 0 Å². The number of hydrogen-bond acceptors (Lipinski definition) is 3. The number of hydrogen-bond donors (Lipinski definition) is 2. The molecule has 0 aliphatic rings. The third-order valence-electron chi connectivity index (χ3n) is 2.79. The van der Waals surface area contributed by atoms with Gasteiger partial charge < -0.3 is 5.11 Å². The summed E-state index contributed by atoms with van der Waals surface area (Å²) < 4.78 is 26.7. The summed E-state index contributed by atoms with van der Waals surface area (Å²) in [5.41, 5.74) is 1.11. The molecule has 4 nitrogen and oxygen atoms in total. The van der Waals surface area contributed by atoms with Crippen LogP contribution in [0.4, 0.5) is 0 Å². The molecular formula is C13H21NO3S. The monoisotopic (exact) mass is 271 g/mol. The third-order valence-corrected chi connectivity index (χ3v) is 4.40. The van der Waals surface area contributed by atoms with E-state index in [1.165, 1.54) is 0 Å². The van der Waals surface area contributed by atoms with Crippen molar-refractivity contribution in [2.75, 3.05) is 6.61 Å². The van der Waals surface area contributed by atoms with Crippen LogP contribution >= 0.6 is 0 Å². The van der Waals surface area contributed by atoms with E-state index in [1.54, 1.807) is 19.1 Å². The molecule has 2 N–H and O–H groups in total. The van der Waals surface area contributed by atoms with Gasteiger partial charge in [0.25, 0.3) is 0 Å². The summed E-state index contributed by atoms with van der Waals surface area (Å²) in [6, 6.07) is 6.73. The summed E-state index contributed by atoms with van der Waals surface area (Å²) in [5.74, 6) is 0. The maximum Gasteiger partial charge on any atom is 0.240 e. The van der Waals surface area contributed by atoms with Gasteiger partial charge in [0.15, 0.2) is 0 Å². The minimum absolute atomic E-state index is 0.0806. The predicted molar refractivity (Wildman–Crippen MR) is 71.9 cm³/mol. The smallest absolute Gasteiger partial charge is 0.240 e. The summed E-state index contributed by atoms with van der Waals surface area (Å²) >= 11 is 0. The zero-order chi connectivity index (χ0) is 13.6. The summed E-state index contributed by atoms with van der Waals surface area (Å²) in [6.45, 7) is 3.91. The molecule has 18 heavy (non-hydrogen) atoms. The number of aryl methyl sites for hydroxylation is 1. The van der Waals surface area contributed by atoms with Crippen LogP contribution in [-0.4, -0.2) is 26.2 Å². The molecule has 0 saturated carbocycles. The van der Waals surface area contributed by atoms with Gasteiger partial charge in [-0.3, -0.25) is 0 Å². The maximum atomic E-state index is 12.0. The van der Waals surface area contributed by atoms with Gasteiger partial charge in [-0.05, 0) is 43.9 Å². The molecule has 0 spiro atoms. The Balaban J connectivity index is 2.73. The van der Waals surface area contributed by atoms with Gasteiger partial charge in [0.1, 0.15) is 0 Å². The Morgan fingerprint density at radius 1 is 1.28 bits per heavy atom. The summed E-state index contributed by atoms with van der Waals surface area (Å²) in [5, 5.41) is 8.71. The minimum atomic E-state index is -3.45. The van der Waals surface area contributed by atoms with E-state index >= 15 is 0 Å². The Labute approximate surface area is 109 Å². The zero-order valence-corrected chi connectivity index (χ0v) is 11.7. The van der Waals surface area contributed by atoms with Crippen molar-refractivity contribution in [1.82, 2.24) is 4.72 Å². The van der Waals surface area contributed by atoms with Gasteiger partial charge in [-0.2, -0.15) is 0 Å². The van der Waals surface area contributed by atoms with Crippen molar-refractivity contribution < 1.29 is 13.5 Å². The fourth-order valence-corrected chi connectivity index (χ4v) is 2.97. The quantitative estimate of drug-likeness (QED) is 0.793. The Bertz CT molecular complexity index is 454. The first-order chi connectivity index (χ1) is 8.49. The highest BCUT2D eigenvalue weighted by molar-refractivity contribution is 7.89. The molecule has 0 radical (unpaired) electrons. The number of sulfonamides is 1. The molecule has 1 atom stereocenters. The lowest BCUT2D eigenvalue weighted by atomic mass is 10.2. The topological polar surface area (TPSA) is 66.4 Å². The van der Waals surface area contributed by atoms with Gasteiger partial charge >= 0.3 is 0 Å². The normalized spacial score (nSPS) is 13.5. The molecule has 0 aromatic heterocycles. The summed E-state index contributed by atoms with van der Waals surface area (Å²) in [6.07, 6.45) is 2.11. The molecule has 5 heteroatoms. The average molecular weight is 271 g/mol. The standard InChI is InChI=1S/C13H21NO3S/c1-3-12-6-8-13(9-7-12)18(16,17)14-11(2)5-4-10-15/h6-9,11,14-15H,3-5,10H2,1-2H3. The van der Waals surface area contributed by atoms with Crippen LogP contribution in [0.5, 0.6) is 0 Å². The minimum Gasteiger partial charge on any atom is -0.396 e. The molecule has 0 amide bonds. The molecule has 1 aromatic rings. The fraction of sp³-hybridized carbons (Fsp3) is 0.538. The molecule has 1 rings (SSSR count). The first-order valence-electron chi connectivity index (χ1n) is 6.21. The first kappa shape index (κ1) is 15.1. The van der Waals surface area contributed by atoms with E-state index in [0.29, 0.717) is 12.8 Å². The van der Waals surface area contributed by atoms with Crippen LogP contribution in [0.3, 0.4) is 0 Å². The molecular weight excluding hydrogens is 250 g/mol.